The number of fused-ring (bicyclic) bond motifs is 2. The van der Waals surface area contributed by atoms with Crippen LogP contribution in [0, 0.1) is 17.2 Å². The van der Waals surface area contributed by atoms with Gasteiger partial charge < -0.3 is 0 Å². The largest absolute Gasteiger partial charge is 0.299 e. The molecule has 0 spiro atoms. The van der Waals surface area contributed by atoms with Crippen molar-refractivity contribution in [2.75, 3.05) is 0 Å². The molecule has 2 aliphatic rings. The summed E-state index contributed by atoms with van der Waals surface area (Å²) in [6.07, 6.45) is 5.10. The van der Waals surface area contributed by atoms with Gasteiger partial charge in [0.1, 0.15) is 5.78 Å². The molecule has 0 aromatic heterocycles. The Bertz CT molecular complexity index is 522. The van der Waals surface area contributed by atoms with E-state index in [4.69, 9.17) is 5.26 Å². The number of carbonyl (C=O) groups is 1. The van der Waals surface area contributed by atoms with Gasteiger partial charge in [-0.05, 0) is 37.3 Å². The highest BCUT2D eigenvalue weighted by molar-refractivity contribution is 8.00. The van der Waals surface area contributed by atoms with Gasteiger partial charge in [0.25, 0.3) is 0 Å². The molecule has 2 bridgehead atoms. The number of nitriles is 1. The van der Waals surface area contributed by atoms with E-state index < -0.39 is 0 Å². The normalized spacial score (nSPS) is 28.9. The molecular weight excluding hydrogens is 254 g/mol. The van der Waals surface area contributed by atoms with Gasteiger partial charge in [0.15, 0.2) is 0 Å². The van der Waals surface area contributed by atoms with Gasteiger partial charge in [-0.2, -0.15) is 17.0 Å². The topological polar surface area (TPSA) is 40.9 Å². The molecule has 2 heterocycles. The van der Waals surface area contributed by atoms with Crippen LogP contribution in [0.3, 0.4) is 0 Å². The van der Waals surface area contributed by atoms with E-state index in [1.807, 2.05) is 18.2 Å². The van der Waals surface area contributed by atoms with Gasteiger partial charge in [-0.15, -0.1) is 0 Å². The van der Waals surface area contributed by atoms with Crippen LogP contribution in [-0.4, -0.2) is 16.3 Å². The average molecular weight is 271 g/mol. The van der Waals surface area contributed by atoms with Crippen molar-refractivity contribution < 1.29 is 4.79 Å². The van der Waals surface area contributed by atoms with Gasteiger partial charge in [-0.3, -0.25) is 4.79 Å². The second kappa shape index (κ2) is 5.38. The number of ketones is 1. The Hall–Kier alpha value is -1.27. The first kappa shape index (κ1) is 12.7. The molecule has 0 radical (unpaired) electrons. The average Bonchev–Trinajstić information content (AvgIpc) is 2.78. The molecule has 98 valence electrons. The first-order valence-corrected chi connectivity index (χ1v) is 7.86. The first-order chi connectivity index (χ1) is 9.26. The van der Waals surface area contributed by atoms with Crippen LogP contribution in [0.5, 0.6) is 0 Å². The Morgan fingerprint density at radius 1 is 1.26 bits per heavy atom. The van der Waals surface area contributed by atoms with Crippen LogP contribution >= 0.6 is 11.8 Å². The first-order valence-electron chi connectivity index (χ1n) is 6.92. The Labute approximate surface area is 118 Å². The minimum Gasteiger partial charge on any atom is -0.299 e. The number of Topliss-reactive ketones (excluding diaryl/α,β-unsaturated/α-hetero) is 1. The van der Waals surface area contributed by atoms with Gasteiger partial charge in [0, 0.05) is 22.8 Å². The molecule has 2 aliphatic heterocycles. The summed E-state index contributed by atoms with van der Waals surface area (Å²) in [7, 11) is 0. The van der Waals surface area contributed by atoms with E-state index in [9.17, 15) is 4.79 Å². The van der Waals surface area contributed by atoms with Gasteiger partial charge in [0.05, 0.1) is 11.6 Å². The summed E-state index contributed by atoms with van der Waals surface area (Å²) in [5.41, 5.74) is 1.53. The Morgan fingerprint density at radius 3 is 2.63 bits per heavy atom. The van der Waals surface area contributed by atoms with Gasteiger partial charge in [0.2, 0.25) is 0 Å². The maximum atomic E-state index is 12.4. The summed E-state index contributed by atoms with van der Waals surface area (Å²) in [5, 5.41) is 10.5. The van der Waals surface area contributed by atoms with Crippen LogP contribution in [0.15, 0.2) is 24.3 Å². The van der Waals surface area contributed by atoms with E-state index in [1.54, 1.807) is 6.07 Å². The van der Waals surface area contributed by atoms with Crippen LogP contribution in [0.4, 0.5) is 0 Å². The van der Waals surface area contributed by atoms with E-state index in [0.717, 1.165) is 18.4 Å². The van der Waals surface area contributed by atoms with Gasteiger partial charge in [-0.1, -0.05) is 18.2 Å². The van der Waals surface area contributed by atoms with E-state index in [0.29, 0.717) is 28.3 Å². The lowest BCUT2D eigenvalue weighted by Crippen LogP contribution is -2.26. The Kier molecular flexibility index (Phi) is 3.61. The molecule has 1 aromatic carbocycles. The lowest BCUT2D eigenvalue weighted by atomic mass is 9.90. The maximum absolute atomic E-state index is 12.4. The predicted molar refractivity (Wildman–Crippen MR) is 77.0 cm³/mol. The molecule has 0 aliphatic carbocycles. The molecule has 0 saturated carbocycles. The highest BCUT2D eigenvalue weighted by atomic mass is 32.2. The summed E-state index contributed by atoms with van der Waals surface area (Å²) >= 11 is 2.08. The predicted octanol–water partition coefficient (Wildman–Crippen LogP) is 3.34. The zero-order chi connectivity index (χ0) is 13.2. The number of benzene rings is 1. The number of hydrogen-bond acceptors (Lipinski definition) is 3. The van der Waals surface area contributed by atoms with Crippen molar-refractivity contribution >= 4 is 17.5 Å². The van der Waals surface area contributed by atoms with E-state index in [-0.39, 0.29) is 5.92 Å². The third kappa shape index (κ3) is 2.69. The quantitative estimate of drug-likeness (QED) is 0.846. The van der Waals surface area contributed by atoms with Crippen molar-refractivity contribution in [2.24, 2.45) is 5.92 Å². The van der Waals surface area contributed by atoms with Crippen LogP contribution < -0.4 is 0 Å². The molecule has 2 atom stereocenters. The number of rotatable bonds is 3. The van der Waals surface area contributed by atoms with Crippen LogP contribution in [0.2, 0.25) is 0 Å². The summed E-state index contributed by atoms with van der Waals surface area (Å²) in [4.78, 5) is 12.4. The minimum absolute atomic E-state index is 0.227. The molecule has 2 unspecified atom stereocenters. The van der Waals surface area contributed by atoms with Crippen LogP contribution in [0.1, 0.15) is 36.8 Å². The fourth-order valence-electron chi connectivity index (χ4n) is 3.24. The number of carbonyl (C=O) groups excluding carboxylic acids is 1. The zero-order valence-corrected chi connectivity index (χ0v) is 11.7. The SMILES string of the molecule is N#Cc1ccccc1CC(=O)C1CC2CCC(C1)S2. The number of hydrogen-bond donors (Lipinski definition) is 0. The highest BCUT2D eigenvalue weighted by Crippen LogP contribution is 2.46. The van der Waals surface area contributed by atoms with Gasteiger partial charge in [-0.25, -0.2) is 0 Å². The molecule has 19 heavy (non-hydrogen) atoms. The van der Waals surface area contributed by atoms with Crippen molar-refractivity contribution in [1.82, 2.24) is 0 Å². The van der Waals surface area contributed by atoms with Crippen molar-refractivity contribution in [3.8, 4) is 6.07 Å². The van der Waals surface area contributed by atoms with E-state index in [1.165, 1.54) is 12.8 Å². The summed E-state index contributed by atoms with van der Waals surface area (Å²) in [6, 6.07) is 9.64. The van der Waals surface area contributed by atoms with Crippen LogP contribution in [0.25, 0.3) is 0 Å². The zero-order valence-electron chi connectivity index (χ0n) is 10.8. The molecule has 0 N–H and O–H groups in total. The molecule has 0 amide bonds. The minimum atomic E-state index is 0.227. The monoisotopic (exact) mass is 271 g/mol. The second-order valence-corrected chi connectivity index (χ2v) is 7.14. The Morgan fingerprint density at radius 2 is 1.95 bits per heavy atom. The molecule has 3 heteroatoms. The highest BCUT2D eigenvalue weighted by Gasteiger charge is 2.37. The molecular formula is C16H17NOS. The van der Waals surface area contributed by atoms with Gasteiger partial charge >= 0.3 is 0 Å². The number of thioether (sulfide) groups is 1. The fraction of sp³-hybridized carbons (Fsp3) is 0.500. The maximum Gasteiger partial charge on any atom is 0.140 e. The second-order valence-electron chi connectivity index (χ2n) is 5.54. The summed E-state index contributed by atoms with van der Waals surface area (Å²) in [6.45, 7) is 0. The van der Waals surface area contributed by atoms with Crippen molar-refractivity contribution in [1.29, 1.82) is 5.26 Å². The fourth-order valence-corrected chi connectivity index (χ4v) is 5.01. The lowest BCUT2D eigenvalue weighted by molar-refractivity contribution is -0.122. The Balaban J connectivity index is 1.70. The third-order valence-electron chi connectivity index (χ3n) is 4.25. The third-order valence-corrected chi connectivity index (χ3v) is 5.87. The number of nitrogens with zero attached hydrogens (tertiary/aromatic N) is 1. The summed E-state index contributed by atoms with van der Waals surface area (Å²) in [5.74, 6) is 0.561. The molecule has 2 nitrogen and oxygen atoms in total. The van der Waals surface area contributed by atoms with Crippen molar-refractivity contribution in [3.63, 3.8) is 0 Å². The van der Waals surface area contributed by atoms with Crippen molar-refractivity contribution in [2.45, 2.75) is 42.6 Å². The van der Waals surface area contributed by atoms with Crippen molar-refractivity contribution in [3.05, 3.63) is 35.4 Å². The molecule has 3 rings (SSSR count). The van der Waals surface area contributed by atoms with E-state index in [2.05, 4.69) is 17.8 Å². The molecule has 2 saturated heterocycles. The lowest BCUT2D eigenvalue weighted by Gasteiger charge is -2.26. The van der Waals surface area contributed by atoms with E-state index >= 15 is 0 Å². The molecule has 1 aromatic rings. The summed E-state index contributed by atoms with van der Waals surface area (Å²) < 4.78 is 0. The molecule has 2 fully saturated rings. The van der Waals surface area contributed by atoms with Crippen LogP contribution in [-0.2, 0) is 11.2 Å². The standard InChI is InChI=1S/C16H17NOS/c17-10-12-4-2-1-3-11(12)9-16(18)13-7-14-5-6-15(8-13)19-14/h1-4,13-15H,5-9H2. The smallest absolute Gasteiger partial charge is 0.140 e.